The fraction of sp³-hybridized carbons (Fsp3) is 0.529. The van der Waals surface area contributed by atoms with Crippen LogP contribution in [0.4, 0.5) is 0 Å². The van der Waals surface area contributed by atoms with Crippen LogP contribution in [0.5, 0.6) is 0 Å². The zero-order chi connectivity index (χ0) is 18.1. The molecule has 0 spiro atoms. The van der Waals surface area contributed by atoms with Gasteiger partial charge in [0.1, 0.15) is 17.3 Å². The predicted molar refractivity (Wildman–Crippen MR) is 99.1 cm³/mol. The van der Waals surface area contributed by atoms with Gasteiger partial charge in [-0.15, -0.1) is 0 Å². The summed E-state index contributed by atoms with van der Waals surface area (Å²) in [6.45, 7) is 3.00. The Morgan fingerprint density at radius 1 is 1.31 bits per heavy atom. The predicted octanol–water partition coefficient (Wildman–Crippen LogP) is -0.166. The van der Waals surface area contributed by atoms with E-state index < -0.39 is 9.84 Å². The van der Waals surface area contributed by atoms with Crippen molar-refractivity contribution in [2.45, 2.75) is 17.7 Å². The molecule has 0 unspecified atom stereocenters. The standard InChI is InChI=1S/C17H21N3O4S2/c21-16(11-25-17-18-14-3-1-2-4-15(14)24-17)20-8-6-19(7-9-20)13-5-10-26(22,23)12-13/h1-4,13H,5-12H2/p+1/t13-/m0/s1. The minimum Gasteiger partial charge on any atom is -0.431 e. The van der Waals surface area contributed by atoms with Gasteiger partial charge in [0, 0.05) is 6.42 Å². The van der Waals surface area contributed by atoms with E-state index in [1.54, 1.807) is 0 Å². The number of hydrogen-bond acceptors (Lipinski definition) is 6. The molecule has 2 aliphatic heterocycles. The third kappa shape index (κ3) is 3.89. The summed E-state index contributed by atoms with van der Waals surface area (Å²) in [5, 5.41) is 0.514. The second-order valence-corrected chi connectivity index (χ2v) is 10.0. The number of quaternary nitrogens is 1. The molecule has 26 heavy (non-hydrogen) atoms. The first-order valence-electron chi connectivity index (χ1n) is 8.81. The summed E-state index contributed by atoms with van der Waals surface area (Å²) in [5.41, 5.74) is 1.53. The molecule has 4 rings (SSSR count). The van der Waals surface area contributed by atoms with Crippen molar-refractivity contribution in [3.63, 3.8) is 0 Å². The average Bonchev–Trinajstić information content (AvgIpc) is 3.22. The number of carbonyl (C=O) groups is 1. The summed E-state index contributed by atoms with van der Waals surface area (Å²) in [6, 6.07) is 7.74. The largest absolute Gasteiger partial charge is 0.431 e. The maximum atomic E-state index is 12.4. The van der Waals surface area contributed by atoms with Gasteiger partial charge >= 0.3 is 0 Å². The number of aromatic nitrogens is 1. The molecule has 2 fully saturated rings. The number of benzene rings is 1. The van der Waals surface area contributed by atoms with Crippen LogP contribution < -0.4 is 4.90 Å². The molecule has 2 saturated heterocycles. The molecule has 0 radical (unpaired) electrons. The molecule has 1 aromatic carbocycles. The van der Waals surface area contributed by atoms with Crippen molar-refractivity contribution in [3.8, 4) is 0 Å². The van der Waals surface area contributed by atoms with Gasteiger partial charge in [-0.05, 0) is 12.1 Å². The molecular formula is C17H22N3O4S2+. The van der Waals surface area contributed by atoms with Crippen LogP contribution in [0.1, 0.15) is 6.42 Å². The Hall–Kier alpha value is -1.58. The number of nitrogens with zero attached hydrogens (tertiary/aromatic N) is 2. The van der Waals surface area contributed by atoms with Crippen molar-refractivity contribution < 1.29 is 22.5 Å². The molecule has 1 N–H and O–H groups in total. The number of rotatable bonds is 4. The highest BCUT2D eigenvalue weighted by molar-refractivity contribution is 7.99. The highest BCUT2D eigenvalue weighted by atomic mass is 32.2. The first-order valence-corrected chi connectivity index (χ1v) is 11.6. The van der Waals surface area contributed by atoms with Gasteiger partial charge in [-0.2, -0.15) is 0 Å². The van der Waals surface area contributed by atoms with E-state index in [1.807, 2.05) is 29.2 Å². The van der Waals surface area contributed by atoms with Crippen LogP contribution in [0.25, 0.3) is 11.1 Å². The summed E-state index contributed by atoms with van der Waals surface area (Å²) in [5.74, 6) is 0.991. The van der Waals surface area contributed by atoms with Gasteiger partial charge in [0.25, 0.3) is 5.22 Å². The Morgan fingerprint density at radius 3 is 2.77 bits per heavy atom. The second-order valence-electron chi connectivity index (χ2n) is 6.88. The Kier molecular flexibility index (Phi) is 4.94. The van der Waals surface area contributed by atoms with Crippen molar-refractivity contribution in [2.24, 2.45) is 0 Å². The zero-order valence-corrected chi connectivity index (χ0v) is 16.0. The maximum absolute atomic E-state index is 12.4. The van der Waals surface area contributed by atoms with Crippen molar-refractivity contribution in [1.29, 1.82) is 0 Å². The number of fused-ring (bicyclic) bond motifs is 1. The summed E-state index contributed by atoms with van der Waals surface area (Å²) in [6.07, 6.45) is 0.749. The Morgan fingerprint density at radius 2 is 2.08 bits per heavy atom. The lowest BCUT2D eigenvalue weighted by Crippen LogP contribution is -3.18. The SMILES string of the molecule is O=C(CSc1nc2ccccc2o1)N1CC[NH+]([C@H]2CCS(=O)(=O)C2)CC1. The molecule has 0 saturated carbocycles. The Labute approximate surface area is 156 Å². The lowest BCUT2D eigenvalue weighted by Gasteiger charge is -2.34. The normalized spacial score (nSPS) is 23.5. The molecule has 2 aromatic rings. The molecular weight excluding hydrogens is 374 g/mol. The first-order chi connectivity index (χ1) is 12.5. The summed E-state index contributed by atoms with van der Waals surface area (Å²) in [4.78, 5) is 20.0. The van der Waals surface area contributed by atoms with E-state index in [0.717, 1.165) is 30.6 Å². The van der Waals surface area contributed by atoms with Crippen LogP contribution in [-0.2, 0) is 14.6 Å². The fourth-order valence-electron chi connectivity index (χ4n) is 3.70. The number of thioether (sulfide) groups is 1. The van der Waals surface area contributed by atoms with E-state index in [4.69, 9.17) is 4.42 Å². The molecule has 0 bridgehead atoms. The number of piperazine rings is 1. The number of hydrogen-bond donors (Lipinski definition) is 1. The molecule has 140 valence electrons. The molecule has 2 aliphatic rings. The average molecular weight is 397 g/mol. The van der Waals surface area contributed by atoms with Crippen LogP contribution in [0.3, 0.4) is 0 Å². The zero-order valence-electron chi connectivity index (χ0n) is 14.4. The van der Waals surface area contributed by atoms with Crippen LogP contribution in [0.2, 0.25) is 0 Å². The highest BCUT2D eigenvalue weighted by Gasteiger charge is 2.37. The lowest BCUT2D eigenvalue weighted by molar-refractivity contribution is -0.925. The van der Waals surface area contributed by atoms with E-state index in [1.165, 1.54) is 16.7 Å². The maximum Gasteiger partial charge on any atom is 0.257 e. The van der Waals surface area contributed by atoms with Crippen molar-refractivity contribution in [2.75, 3.05) is 43.4 Å². The van der Waals surface area contributed by atoms with Gasteiger partial charge in [-0.3, -0.25) is 4.79 Å². The number of para-hydroxylation sites is 2. The summed E-state index contributed by atoms with van der Waals surface area (Å²) in [7, 11) is -2.85. The molecule has 7 nitrogen and oxygen atoms in total. The van der Waals surface area contributed by atoms with Crippen LogP contribution in [-0.4, -0.2) is 73.7 Å². The molecule has 9 heteroatoms. The highest BCUT2D eigenvalue weighted by Crippen LogP contribution is 2.23. The van der Waals surface area contributed by atoms with E-state index in [-0.39, 0.29) is 11.9 Å². The number of nitrogens with one attached hydrogen (secondary N) is 1. The van der Waals surface area contributed by atoms with Gasteiger partial charge in [-0.25, -0.2) is 13.4 Å². The quantitative estimate of drug-likeness (QED) is 0.723. The van der Waals surface area contributed by atoms with Gasteiger partial charge in [0.05, 0.1) is 37.7 Å². The van der Waals surface area contributed by atoms with Crippen molar-refractivity contribution >= 4 is 38.6 Å². The van der Waals surface area contributed by atoms with Gasteiger partial charge in [-0.1, -0.05) is 23.9 Å². The van der Waals surface area contributed by atoms with E-state index in [2.05, 4.69) is 4.98 Å². The van der Waals surface area contributed by atoms with Crippen LogP contribution in [0.15, 0.2) is 33.9 Å². The molecule has 1 aromatic heterocycles. The summed E-state index contributed by atoms with van der Waals surface area (Å²) < 4.78 is 28.9. The van der Waals surface area contributed by atoms with E-state index in [0.29, 0.717) is 35.6 Å². The molecule has 1 atom stereocenters. The van der Waals surface area contributed by atoms with E-state index in [9.17, 15) is 13.2 Å². The van der Waals surface area contributed by atoms with E-state index >= 15 is 0 Å². The number of amides is 1. The fourth-order valence-corrected chi connectivity index (χ4v) is 6.26. The Bertz CT molecular complexity index is 871. The second kappa shape index (κ2) is 7.21. The number of sulfone groups is 1. The molecule has 3 heterocycles. The smallest absolute Gasteiger partial charge is 0.257 e. The van der Waals surface area contributed by atoms with Crippen LogP contribution >= 0.6 is 11.8 Å². The van der Waals surface area contributed by atoms with Gasteiger partial charge < -0.3 is 14.2 Å². The van der Waals surface area contributed by atoms with Crippen LogP contribution in [0, 0.1) is 0 Å². The summed E-state index contributed by atoms with van der Waals surface area (Å²) >= 11 is 1.32. The Balaban J connectivity index is 1.27. The lowest BCUT2D eigenvalue weighted by atomic mass is 10.2. The van der Waals surface area contributed by atoms with Gasteiger partial charge in [0.15, 0.2) is 15.4 Å². The van der Waals surface area contributed by atoms with Crippen molar-refractivity contribution in [3.05, 3.63) is 24.3 Å². The van der Waals surface area contributed by atoms with Crippen molar-refractivity contribution in [1.82, 2.24) is 9.88 Å². The molecule has 0 aliphatic carbocycles. The van der Waals surface area contributed by atoms with Gasteiger partial charge in [0.2, 0.25) is 5.91 Å². The third-order valence-corrected chi connectivity index (χ3v) is 7.74. The number of oxazole rings is 1. The third-order valence-electron chi connectivity index (χ3n) is 5.16. The minimum absolute atomic E-state index is 0.0790. The first kappa shape index (κ1) is 17.8. The number of carbonyl (C=O) groups excluding carboxylic acids is 1. The minimum atomic E-state index is -2.85. The monoisotopic (exact) mass is 396 g/mol. The topological polar surface area (TPSA) is 84.9 Å². The molecule has 1 amide bonds.